The van der Waals surface area contributed by atoms with Crippen molar-refractivity contribution in [3.05, 3.63) is 74.3 Å². The number of rotatable bonds is 11. The first-order valence-electron chi connectivity index (χ1n) is 13.4. The van der Waals surface area contributed by atoms with Crippen LogP contribution in [0.1, 0.15) is 109 Å². The van der Waals surface area contributed by atoms with E-state index in [1.807, 2.05) is 52.8 Å². The molecule has 0 heterocycles. The van der Waals surface area contributed by atoms with E-state index in [9.17, 15) is 19.7 Å². The average Bonchev–Trinajstić information content (AvgIpc) is 2.82. The van der Waals surface area contributed by atoms with E-state index in [0.29, 0.717) is 29.2 Å². The number of nitro groups is 1. The van der Waals surface area contributed by atoms with Crippen LogP contribution in [0.15, 0.2) is 42.5 Å². The highest BCUT2D eigenvalue weighted by Gasteiger charge is 2.60. The van der Waals surface area contributed by atoms with Gasteiger partial charge in [-0.1, -0.05) is 83.0 Å². The van der Waals surface area contributed by atoms with Crippen LogP contribution in [0.2, 0.25) is 5.02 Å². The highest BCUT2D eigenvalue weighted by Crippen LogP contribution is 2.40. The van der Waals surface area contributed by atoms with Gasteiger partial charge in [-0.2, -0.15) is 0 Å². The van der Waals surface area contributed by atoms with E-state index >= 15 is 0 Å². The fourth-order valence-electron chi connectivity index (χ4n) is 4.42. The molecule has 0 saturated carbocycles. The molecule has 2 atom stereocenters. The summed E-state index contributed by atoms with van der Waals surface area (Å²) in [5, 5.41) is 16.1. The molecular weight excluding hydrogens is 520 g/mol. The number of carbonyl (C=O) groups is 2. The van der Waals surface area contributed by atoms with E-state index in [-0.39, 0.29) is 18.3 Å². The van der Waals surface area contributed by atoms with Gasteiger partial charge in [-0.05, 0) is 67.9 Å². The van der Waals surface area contributed by atoms with Gasteiger partial charge >= 0.3 is 17.6 Å². The molecule has 2 rings (SSSR count). The standard InChI is InChI=1S/C30H41ClN2O6/c1-9-10-18-30(33(36)37,27(34)38-25-23(19(2)3)12-11-13-24(25)20(4)5)26(21-14-16-22(31)17-15-21)32-28(35)39-29(6,7)8/h11-17,19-20,26H,9-10,18H2,1-8H3,(H,32,35)/t26-,30+/m1/s1. The largest absolute Gasteiger partial charge is 0.444 e. The van der Waals surface area contributed by atoms with Gasteiger partial charge in [-0.15, -0.1) is 0 Å². The third kappa shape index (κ3) is 7.94. The first-order chi connectivity index (χ1) is 18.1. The van der Waals surface area contributed by atoms with E-state index in [4.69, 9.17) is 21.1 Å². The van der Waals surface area contributed by atoms with E-state index in [1.54, 1.807) is 45.0 Å². The van der Waals surface area contributed by atoms with Crippen molar-refractivity contribution >= 4 is 23.7 Å². The molecule has 0 bridgehead atoms. The summed E-state index contributed by atoms with van der Waals surface area (Å²) in [6, 6.07) is 10.4. The quantitative estimate of drug-likeness (QED) is 0.129. The fraction of sp³-hybridized carbons (Fsp3) is 0.533. The first kappa shape index (κ1) is 32.1. The number of ether oxygens (including phenoxy) is 2. The van der Waals surface area contributed by atoms with Gasteiger partial charge in [0.2, 0.25) is 0 Å². The topological polar surface area (TPSA) is 108 Å². The Balaban J connectivity index is 2.77. The summed E-state index contributed by atoms with van der Waals surface area (Å²) in [5.74, 6) is -0.729. The lowest BCUT2D eigenvalue weighted by molar-refractivity contribution is -0.561. The summed E-state index contributed by atoms with van der Waals surface area (Å²) in [6.07, 6.45) is -0.121. The molecule has 0 radical (unpaired) electrons. The molecule has 9 heteroatoms. The normalized spacial score (nSPS) is 14.0. The maximum Gasteiger partial charge on any atom is 0.408 e. The van der Waals surface area contributed by atoms with Crippen LogP contribution in [-0.2, 0) is 9.53 Å². The molecule has 2 aromatic rings. The number of alkyl carbamates (subject to hydrolysis) is 1. The van der Waals surface area contributed by atoms with Gasteiger partial charge in [-0.25, -0.2) is 9.59 Å². The maximum atomic E-state index is 14.2. The molecule has 0 aromatic heterocycles. The maximum absolute atomic E-state index is 14.2. The van der Waals surface area contributed by atoms with Gasteiger partial charge in [0.1, 0.15) is 17.4 Å². The highest BCUT2D eigenvalue weighted by atomic mass is 35.5. The predicted molar refractivity (Wildman–Crippen MR) is 153 cm³/mol. The number of nitrogens with zero attached hydrogens (tertiary/aromatic N) is 1. The molecule has 214 valence electrons. The van der Waals surface area contributed by atoms with Gasteiger partial charge in [0.15, 0.2) is 0 Å². The molecule has 0 aliphatic heterocycles. The molecule has 39 heavy (non-hydrogen) atoms. The van der Waals surface area contributed by atoms with Crippen LogP contribution in [0.5, 0.6) is 5.75 Å². The summed E-state index contributed by atoms with van der Waals surface area (Å²) in [5.41, 5.74) is -1.34. The summed E-state index contributed by atoms with van der Waals surface area (Å²) in [7, 11) is 0. The lowest BCUT2D eigenvalue weighted by Crippen LogP contribution is -2.58. The Bertz CT molecular complexity index is 1130. The second kappa shape index (κ2) is 13.3. The summed E-state index contributed by atoms with van der Waals surface area (Å²) < 4.78 is 11.5. The van der Waals surface area contributed by atoms with Crippen LogP contribution in [-0.4, -0.2) is 28.1 Å². The minimum absolute atomic E-state index is 0.000835. The second-order valence-corrected chi connectivity index (χ2v) is 11.8. The lowest BCUT2D eigenvalue weighted by atomic mass is 9.81. The Morgan fingerprint density at radius 1 is 1.00 bits per heavy atom. The number of amides is 1. The molecule has 0 aliphatic rings. The SMILES string of the molecule is CCCC[C@@](C(=O)Oc1c(C(C)C)cccc1C(C)C)([C@H](NC(=O)OC(C)(C)C)c1ccc(Cl)cc1)[N+](=O)[O-]. The summed E-state index contributed by atoms with van der Waals surface area (Å²) >= 11 is 6.10. The van der Waals surface area contributed by atoms with E-state index < -0.39 is 34.2 Å². The van der Waals surface area contributed by atoms with Crippen molar-refractivity contribution < 1.29 is 24.0 Å². The Kier molecular flexibility index (Phi) is 10.9. The third-order valence-electron chi connectivity index (χ3n) is 6.45. The molecule has 0 unspecified atom stereocenters. The molecule has 0 aliphatic carbocycles. The molecule has 0 saturated heterocycles. The van der Waals surface area contributed by atoms with Gasteiger partial charge in [-0.3, -0.25) is 10.1 Å². The zero-order valence-electron chi connectivity index (χ0n) is 24.2. The van der Waals surface area contributed by atoms with Crippen LogP contribution in [0.3, 0.4) is 0 Å². The van der Waals surface area contributed by atoms with Gasteiger partial charge in [0.25, 0.3) is 0 Å². The van der Waals surface area contributed by atoms with Crippen LogP contribution in [0.25, 0.3) is 0 Å². The number of carbonyl (C=O) groups excluding carboxylic acids is 2. The van der Waals surface area contributed by atoms with Crippen LogP contribution >= 0.6 is 11.6 Å². The third-order valence-corrected chi connectivity index (χ3v) is 6.70. The Labute approximate surface area is 236 Å². The number of esters is 1. The van der Waals surface area contributed by atoms with Crippen molar-refractivity contribution in [3.63, 3.8) is 0 Å². The van der Waals surface area contributed by atoms with E-state index in [0.717, 1.165) is 11.1 Å². The number of hydrogen-bond donors (Lipinski definition) is 1. The molecule has 2 aromatic carbocycles. The van der Waals surface area contributed by atoms with Crippen molar-refractivity contribution in [2.75, 3.05) is 0 Å². The van der Waals surface area contributed by atoms with Gasteiger partial charge in [0.05, 0.1) is 0 Å². The number of hydrogen-bond acceptors (Lipinski definition) is 6. The van der Waals surface area contributed by atoms with Gasteiger partial charge < -0.3 is 14.8 Å². The van der Waals surface area contributed by atoms with Crippen LogP contribution in [0.4, 0.5) is 4.79 Å². The summed E-state index contributed by atoms with van der Waals surface area (Å²) in [6.45, 7) is 14.8. The fourth-order valence-corrected chi connectivity index (χ4v) is 4.55. The van der Waals surface area contributed by atoms with Crippen molar-refractivity contribution in [1.82, 2.24) is 5.32 Å². The molecule has 0 spiro atoms. The smallest absolute Gasteiger partial charge is 0.408 e. The molecule has 1 amide bonds. The second-order valence-electron chi connectivity index (χ2n) is 11.4. The van der Waals surface area contributed by atoms with Crippen LogP contribution in [0, 0.1) is 10.1 Å². The predicted octanol–water partition coefficient (Wildman–Crippen LogP) is 7.96. The Morgan fingerprint density at radius 3 is 1.97 bits per heavy atom. The van der Waals surface area contributed by atoms with Crippen molar-refractivity contribution in [3.8, 4) is 5.75 Å². The van der Waals surface area contributed by atoms with Crippen LogP contribution < -0.4 is 10.1 Å². The monoisotopic (exact) mass is 560 g/mol. The number of para-hydroxylation sites is 1. The molecular formula is C30H41ClN2O6. The highest BCUT2D eigenvalue weighted by molar-refractivity contribution is 6.30. The zero-order valence-corrected chi connectivity index (χ0v) is 24.9. The number of unbranched alkanes of at least 4 members (excludes halogenated alkanes) is 1. The first-order valence-corrected chi connectivity index (χ1v) is 13.8. The Hall–Kier alpha value is -3.13. The van der Waals surface area contributed by atoms with Crippen molar-refractivity contribution in [2.45, 2.75) is 104 Å². The van der Waals surface area contributed by atoms with E-state index in [2.05, 4.69) is 5.32 Å². The van der Waals surface area contributed by atoms with Gasteiger partial charge in [0, 0.05) is 16.4 Å². The zero-order chi connectivity index (χ0) is 29.5. The number of halogens is 1. The Morgan fingerprint density at radius 2 is 1.54 bits per heavy atom. The van der Waals surface area contributed by atoms with Crippen molar-refractivity contribution in [2.24, 2.45) is 0 Å². The molecule has 1 N–H and O–H groups in total. The summed E-state index contributed by atoms with van der Waals surface area (Å²) in [4.78, 5) is 39.6. The van der Waals surface area contributed by atoms with E-state index in [1.165, 1.54) is 0 Å². The number of nitrogens with one attached hydrogen (secondary N) is 1. The minimum Gasteiger partial charge on any atom is -0.444 e. The van der Waals surface area contributed by atoms with Crippen molar-refractivity contribution in [1.29, 1.82) is 0 Å². The lowest BCUT2D eigenvalue weighted by Gasteiger charge is -2.33. The average molecular weight is 561 g/mol. The minimum atomic E-state index is -2.35. The molecule has 8 nitrogen and oxygen atoms in total. The molecule has 0 fully saturated rings. The number of benzene rings is 2.